The molecule has 0 aromatic heterocycles. The summed E-state index contributed by atoms with van der Waals surface area (Å²) in [5.41, 5.74) is 0. The van der Waals surface area contributed by atoms with Crippen LogP contribution in [0.25, 0.3) is 0 Å². The molecule has 8 heteroatoms. The first-order chi connectivity index (χ1) is 9.92. The zero-order valence-corrected chi connectivity index (χ0v) is 13.9. The van der Waals surface area contributed by atoms with Gasteiger partial charge in [-0.05, 0) is 31.2 Å². The third-order valence-corrected chi connectivity index (χ3v) is 3.83. The van der Waals surface area contributed by atoms with Crippen LogP contribution in [-0.4, -0.2) is 36.8 Å². The van der Waals surface area contributed by atoms with Crippen LogP contribution in [0.15, 0.2) is 33.6 Å². The van der Waals surface area contributed by atoms with Gasteiger partial charge in [-0.3, -0.25) is 14.9 Å². The molecule has 0 fully saturated rings. The highest BCUT2D eigenvalue weighted by Gasteiger charge is 2.19. The van der Waals surface area contributed by atoms with Crippen molar-refractivity contribution in [3.05, 3.63) is 28.7 Å². The first kappa shape index (κ1) is 17.5. The number of thioether (sulfide) groups is 1. The lowest BCUT2D eigenvalue weighted by Crippen LogP contribution is -2.43. The van der Waals surface area contributed by atoms with E-state index in [9.17, 15) is 14.4 Å². The summed E-state index contributed by atoms with van der Waals surface area (Å²) in [6.45, 7) is 1.40. The van der Waals surface area contributed by atoms with Crippen LogP contribution in [0, 0.1) is 0 Å². The molecule has 2 N–H and O–H groups in total. The van der Waals surface area contributed by atoms with E-state index in [4.69, 9.17) is 4.74 Å². The first-order valence-electron chi connectivity index (χ1n) is 6.02. The lowest BCUT2D eigenvalue weighted by atomic mass is 10.4. The Morgan fingerprint density at radius 1 is 1.29 bits per heavy atom. The Labute approximate surface area is 135 Å². The number of nitrogens with one attached hydrogen (secondary N) is 2. The Kier molecular flexibility index (Phi) is 7.24. The maximum absolute atomic E-state index is 11.6. The summed E-state index contributed by atoms with van der Waals surface area (Å²) in [6, 6.07) is 6.82. The lowest BCUT2D eigenvalue weighted by Gasteiger charge is -2.12. The molecule has 0 radical (unpaired) electrons. The van der Waals surface area contributed by atoms with Crippen molar-refractivity contribution in [3.8, 4) is 0 Å². The molecule has 0 heterocycles. The van der Waals surface area contributed by atoms with Crippen molar-refractivity contribution >= 4 is 45.6 Å². The molecule has 0 aliphatic carbocycles. The normalized spacial score (nSPS) is 11.4. The van der Waals surface area contributed by atoms with E-state index in [1.54, 1.807) is 0 Å². The van der Waals surface area contributed by atoms with Gasteiger partial charge in [0.15, 0.2) is 6.10 Å². The van der Waals surface area contributed by atoms with Gasteiger partial charge >= 0.3 is 12.0 Å². The minimum absolute atomic E-state index is 0.0826. The summed E-state index contributed by atoms with van der Waals surface area (Å²) in [5.74, 6) is -1.11. The zero-order valence-electron chi connectivity index (χ0n) is 11.5. The van der Waals surface area contributed by atoms with Crippen molar-refractivity contribution in [2.45, 2.75) is 17.9 Å². The van der Waals surface area contributed by atoms with Gasteiger partial charge in [0.1, 0.15) is 0 Å². The minimum atomic E-state index is -1.03. The van der Waals surface area contributed by atoms with Gasteiger partial charge < -0.3 is 10.1 Å². The van der Waals surface area contributed by atoms with Crippen LogP contribution in [0.2, 0.25) is 0 Å². The van der Waals surface area contributed by atoms with Crippen LogP contribution in [0.3, 0.4) is 0 Å². The van der Waals surface area contributed by atoms with Gasteiger partial charge in [-0.25, -0.2) is 4.79 Å². The van der Waals surface area contributed by atoms with Crippen molar-refractivity contribution < 1.29 is 19.1 Å². The maximum Gasteiger partial charge on any atom is 0.321 e. The van der Waals surface area contributed by atoms with Crippen LogP contribution < -0.4 is 10.6 Å². The number of rotatable bonds is 5. The second kappa shape index (κ2) is 8.68. The number of esters is 1. The molecule has 114 valence electrons. The second-order valence-corrected chi connectivity index (χ2v) is 5.91. The van der Waals surface area contributed by atoms with Crippen molar-refractivity contribution in [1.29, 1.82) is 0 Å². The Bertz CT molecular complexity index is 521. The molecule has 0 aliphatic rings. The van der Waals surface area contributed by atoms with Gasteiger partial charge in [-0.2, -0.15) is 0 Å². The second-order valence-electron chi connectivity index (χ2n) is 3.94. The molecule has 21 heavy (non-hydrogen) atoms. The van der Waals surface area contributed by atoms with E-state index in [-0.39, 0.29) is 5.75 Å². The summed E-state index contributed by atoms with van der Waals surface area (Å²) in [4.78, 5) is 35.0. The van der Waals surface area contributed by atoms with Crippen molar-refractivity contribution in [2.24, 2.45) is 0 Å². The highest BCUT2D eigenvalue weighted by molar-refractivity contribution is 9.10. The summed E-state index contributed by atoms with van der Waals surface area (Å²) in [6.07, 6.45) is -1.03. The minimum Gasteiger partial charge on any atom is -0.452 e. The van der Waals surface area contributed by atoms with Gasteiger partial charge in [0, 0.05) is 16.4 Å². The third-order valence-electron chi connectivity index (χ3n) is 2.31. The molecule has 1 rings (SSSR count). The summed E-state index contributed by atoms with van der Waals surface area (Å²) in [5, 5.41) is 4.27. The standard InChI is InChI=1S/C13H15BrN2O4S/c1-8(12(18)16-13(19)15-2)20-11(17)7-21-10-5-3-9(14)4-6-10/h3-6,8H,7H2,1-2H3,(H2,15,16,18,19)/t8-/m1/s1. The average Bonchev–Trinajstić information content (AvgIpc) is 2.46. The number of ether oxygens (including phenoxy) is 1. The molecule has 0 aliphatic heterocycles. The summed E-state index contributed by atoms with van der Waals surface area (Å²) >= 11 is 4.62. The molecule has 0 saturated carbocycles. The Hall–Kier alpha value is -1.54. The molecule has 1 atom stereocenters. The highest BCUT2D eigenvalue weighted by Crippen LogP contribution is 2.20. The number of carbonyl (C=O) groups is 3. The number of benzene rings is 1. The van der Waals surface area contributed by atoms with Crippen molar-refractivity contribution in [1.82, 2.24) is 10.6 Å². The van der Waals surface area contributed by atoms with E-state index >= 15 is 0 Å². The lowest BCUT2D eigenvalue weighted by molar-refractivity contribution is -0.151. The van der Waals surface area contributed by atoms with E-state index in [1.807, 2.05) is 29.6 Å². The van der Waals surface area contributed by atoms with Gasteiger partial charge in [-0.15, -0.1) is 11.8 Å². The molecule has 6 nitrogen and oxygen atoms in total. The fourth-order valence-corrected chi connectivity index (χ4v) is 2.18. The fourth-order valence-electron chi connectivity index (χ4n) is 1.23. The topological polar surface area (TPSA) is 84.5 Å². The van der Waals surface area contributed by atoms with Gasteiger partial charge in [-0.1, -0.05) is 15.9 Å². The third kappa shape index (κ3) is 6.63. The zero-order chi connectivity index (χ0) is 15.8. The monoisotopic (exact) mass is 374 g/mol. The average molecular weight is 375 g/mol. The molecule has 0 saturated heterocycles. The molecule has 0 unspecified atom stereocenters. The molecule has 0 bridgehead atoms. The highest BCUT2D eigenvalue weighted by atomic mass is 79.9. The largest absolute Gasteiger partial charge is 0.452 e. The van der Waals surface area contributed by atoms with Crippen LogP contribution in [0.1, 0.15) is 6.92 Å². The van der Waals surface area contributed by atoms with Crippen LogP contribution >= 0.6 is 27.7 Å². The molecule has 1 aromatic carbocycles. The number of hydrogen-bond acceptors (Lipinski definition) is 5. The van der Waals surface area contributed by atoms with Crippen LogP contribution in [0.5, 0.6) is 0 Å². The number of hydrogen-bond donors (Lipinski definition) is 2. The van der Waals surface area contributed by atoms with Gasteiger partial charge in [0.25, 0.3) is 5.91 Å². The van der Waals surface area contributed by atoms with Crippen LogP contribution in [-0.2, 0) is 14.3 Å². The van der Waals surface area contributed by atoms with E-state index in [2.05, 4.69) is 21.2 Å². The Balaban J connectivity index is 2.37. The molecule has 0 spiro atoms. The number of halogens is 1. The van der Waals surface area contributed by atoms with Crippen LogP contribution in [0.4, 0.5) is 4.79 Å². The van der Waals surface area contributed by atoms with Gasteiger partial charge in [0.05, 0.1) is 5.75 Å². The summed E-state index contributed by atoms with van der Waals surface area (Å²) in [7, 11) is 1.38. The van der Waals surface area contributed by atoms with E-state index < -0.39 is 24.0 Å². The molecular weight excluding hydrogens is 360 g/mol. The number of amides is 3. The predicted octanol–water partition coefficient (Wildman–Crippen LogP) is 1.93. The Morgan fingerprint density at radius 2 is 1.90 bits per heavy atom. The molecule has 1 aromatic rings. The van der Waals surface area contributed by atoms with E-state index in [1.165, 1.54) is 25.7 Å². The Morgan fingerprint density at radius 3 is 2.48 bits per heavy atom. The van der Waals surface area contributed by atoms with Crippen molar-refractivity contribution in [3.63, 3.8) is 0 Å². The summed E-state index contributed by atoms with van der Waals surface area (Å²) < 4.78 is 5.89. The SMILES string of the molecule is CNC(=O)NC(=O)[C@@H](C)OC(=O)CSc1ccc(Br)cc1. The number of carbonyl (C=O) groups excluding carboxylic acids is 3. The van der Waals surface area contributed by atoms with Crippen molar-refractivity contribution in [2.75, 3.05) is 12.8 Å². The maximum atomic E-state index is 11.6. The predicted molar refractivity (Wildman–Crippen MR) is 83.0 cm³/mol. The number of urea groups is 1. The van der Waals surface area contributed by atoms with E-state index in [0.29, 0.717) is 0 Å². The fraction of sp³-hybridized carbons (Fsp3) is 0.308. The molecule has 3 amide bonds. The van der Waals surface area contributed by atoms with Gasteiger partial charge in [0.2, 0.25) is 0 Å². The molecular formula is C13H15BrN2O4S. The first-order valence-corrected chi connectivity index (χ1v) is 7.80. The van der Waals surface area contributed by atoms with E-state index in [0.717, 1.165) is 9.37 Å². The quantitative estimate of drug-likeness (QED) is 0.607. The smallest absolute Gasteiger partial charge is 0.321 e. The number of imide groups is 1.